The average molecular weight is 143 g/mol. The molecule has 0 saturated heterocycles. The largest absolute Gasteiger partial charge is 0.313 e. The van der Waals surface area contributed by atoms with E-state index in [0.29, 0.717) is 18.2 Å². The molecular weight excluding hydrogens is 126 g/mol. The quantitative estimate of drug-likeness (QED) is 0.637. The maximum absolute atomic E-state index is 11.1. The Morgan fingerprint density at radius 1 is 1.40 bits per heavy atom. The van der Waals surface area contributed by atoms with Gasteiger partial charge in [-0.25, -0.2) is 0 Å². The minimum Gasteiger partial charge on any atom is -0.313 e. The van der Waals surface area contributed by atoms with Gasteiger partial charge in [-0.2, -0.15) is 0 Å². The molecule has 0 aromatic heterocycles. The molecule has 2 nitrogen and oxygen atoms in total. The van der Waals surface area contributed by atoms with E-state index in [-0.39, 0.29) is 5.92 Å². The Balaban J connectivity index is 3.71. The van der Waals surface area contributed by atoms with E-state index in [4.69, 9.17) is 0 Å². The molecule has 0 bridgehead atoms. The molecule has 0 aliphatic heterocycles. The lowest BCUT2D eigenvalue weighted by Gasteiger charge is -2.12. The molecule has 0 aliphatic rings. The lowest BCUT2D eigenvalue weighted by molar-refractivity contribution is -0.122. The van der Waals surface area contributed by atoms with E-state index < -0.39 is 0 Å². The maximum atomic E-state index is 11.1. The number of hydrogen-bond donors (Lipinski definition) is 1. The Morgan fingerprint density at radius 3 is 2.20 bits per heavy atom. The van der Waals surface area contributed by atoms with Crippen LogP contribution in [-0.4, -0.2) is 19.4 Å². The molecular formula is C8H17NO. The first-order chi connectivity index (χ1) is 4.59. The van der Waals surface area contributed by atoms with Crippen LogP contribution in [0, 0.1) is 11.8 Å². The van der Waals surface area contributed by atoms with E-state index in [1.54, 1.807) is 7.05 Å². The second-order valence-corrected chi connectivity index (χ2v) is 3.03. The number of hydrogen-bond acceptors (Lipinski definition) is 2. The number of nitrogens with one attached hydrogen (secondary N) is 1. The molecule has 0 rings (SSSR count). The number of likely N-dealkylation sites (N-methyl/N-ethyl adjacent to an activating group) is 1. The molecule has 0 aromatic rings. The molecule has 0 aromatic carbocycles. The summed E-state index contributed by atoms with van der Waals surface area (Å²) in [6, 6.07) is 0. The zero-order valence-corrected chi connectivity index (χ0v) is 7.27. The normalized spacial score (nSPS) is 13.7. The van der Waals surface area contributed by atoms with Crippen LogP contribution in [0.25, 0.3) is 0 Å². The molecule has 60 valence electrons. The summed E-state index contributed by atoms with van der Waals surface area (Å²) in [7, 11) is 1.80. The lowest BCUT2D eigenvalue weighted by Crippen LogP contribution is -2.26. The molecule has 0 radical (unpaired) electrons. The zero-order chi connectivity index (χ0) is 8.15. The van der Waals surface area contributed by atoms with Crippen LogP contribution in [0.2, 0.25) is 0 Å². The van der Waals surface area contributed by atoms with Gasteiger partial charge in [-0.1, -0.05) is 20.8 Å². The molecule has 10 heavy (non-hydrogen) atoms. The van der Waals surface area contributed by atoms with Crippen LogP contribution >= 0.6 is 0 Å². The van der Waals surface area contributed by atoms with E-state index in [2.05, 4.69) is 19.2 Å². The van der Waals surface area contributed by atoms with Crippen molar-refractivity contribution >= 4 is 5.78 Å². The molecule has 2 heteroatoms. The van der Waals surface area contributed by atoms with Gasteiger partial charge in [0.05, 0.1) is 6.54 Å². The third kappa shape index (κ3) is 2.97. The standard InChI is InChI=1S/C8H17NO/c1-6(2)7(3)8(10)5-9-4/h6-7,9H,5H2,1-4H3. The third-order valence-electron chi connectivity index (χ3n) is 1.86. The number of Topliss-reactive ketones (excluding diaryl/α,β-unsaturated/α-hetero) is 1. The summed E-state index contributed by atoms with van der Waals surface area (Å²) in [5, 5.41) is 2.85. The SMILES string of the molecule is CNCC(=O)C(C)C(C)C. The van der Waals surface area contributed by atoms with E-state index in [0.717, 1.165) is 0 Å². The molecule has 0 fully saturated rings. The Labute approximate surface area is 63.0 Å². The van der Waals surface area contributed by atoms with E-state index in [1.165, 1.54) is 0 Å². The van der Waals surface area contributed by atoms with Gasteiger partial charge < -0.3 is 5.32 Å². The van der Waals surface area contributed by atoms with Crippen LogP contribution < -0.4 is 5.32 Å². The Bertz CT molecular complexity index is 110. The van der Waals surface area contributed by atoms with Crippen molar-refractivity contribution in [1.29, 1.82) is 0 Å². The van der Waals surface area contributed by atoms with Gasteiger partial charge in [0.2, 0.25) is 0 Å². The second-order valence-electron chi connectivity index (χ2n) is 3.03. The summed E-state index contributed by atoms with van der Waals surface area (Å²) in [4.78, 5) is 11.1. The highest BCUT2D eigenvalue weighted by Gasteiger charge is 2.14. The van der Waals surface area contributed by atoms with Gasteiger partial charge in [0.25, 0.3) is 0 Å². The average Bonchev–Trinajstić information content (AvgIpc) is 1.87. The van der Waals surface area contributed by atoms with Crippen LogP contribution in [0.5, 0.6) is 0 Å². The first-order valence-electron chi connectivity index (χ1n) is 3.77. The van der Waals surface area contributed by atoms with E-state index >= 15 is 0 Å². The summed E-state index contributed by atoms with van der Waals surface area (Å²) >= 11 is 0. The second kappa shape index (κ2) is 4.45. The number of rotatable bonds is 4. The zero-order valence-electron chi connectivity index (χ0n) is 7.27. The highest BCUT2D eigenvalue weighted by atomic mass is 16.1. The fraction of sp³-hybridized carbons (Fsp3) is 0.875. The van der Waals surface area contributed by atoms with Crippen molar-refractivity contribution in [2.75, 3.05) is 13.6 Å². The first-order valence-corrected chi connectivity index (χ1v) is 3.77. The van der Waals surface area contributed by atoms with Gasteiger partial charge >= 0.3 is 0 Å². The van der Waals surface area contributed by atoms with Gasteiger partial charge in [-0.3, -0.25) is 4.79 Å². The fourth-order valence-electron chi connectivity index (χ4n) is 0.707. The van der Waals surface area contributed by atoms with Crippen molar-refractivity contribution in [2.45, 2.75) is 20.8 Å². The van der Waals surface area contributed by atoms with Crippen molar-refractivity contribution in [2.24, 2.45) is 11.8 Å². The summed E-state index contributed by atoms with van der Waals surface area (Å²) in [5.74, 6) is 0.950. The fourth-order valence-corrected chi connectivity index (χ4v) is 0.707. The minimum atomic E-state index is 0.187. The van der Waals surface area contributed by atoms with Gasteiger partial charge in [0, 0.05) is 5.92 Å². The van der Waals surface area contributed by atoms with Crippen molar-refractivity contribution in [3.05, 3.63) is 0 Å². The molecule has 0 aliphatic carbocycles. The summed E-state index contributed by atoms with van der Waals surface area (Å²) < 4.78 is 0. The molecule has 0 heterocycles. The van der Waals surface area contributed by atoms with Crippen molar-refractivity contribution in [1.82, 2.24) is 5.32 Å². The van der Waals surface area contributed by atoms with Crippen LogP contribution in [0.1, 0.15) is 20.8 Å². The van der Waals surface area contributed by atoms with Gasteiger partial charge in [-0.05, 0) is 13.0 Å². The topological polar surface area (TPSA) is 29.1 Å². The minimum absolute atomic E-state index is 0.187. The third-order valence-corrected chi connectivity index (χ3v) is 1.86. The summed E-state index contributed by atoms with van der Waals surface area (Å²) in [5.41, 5.74) is 0. The summed E-state index contributed by atoms with van der Waals surface area (Å²) in [6.45, 7) is 6.61. The number of ketones is 1. The summed E-state index contributed by atoms with van der Waals surface area (Å²) in [6.07, 6.45) is 0. The number of carbonyl (C=O) groups excluding carboxylic acids is 1. The van der Waals surface area contributed by atoms with Gasteiger partial charge in [-0.15, -0.1) is 0 Å². The van der Waals surface area contributed by atoms with Crippen LogP contribution in [-0.2, 0) is 4.79 Å². The maximum Gasteiger partial charge on any atom is 0.149 e. The van der Waals surface area contributed by atoms with Crippen LogP contribution in [0.4, 0.5) is 0 Å². The predicted octanol–water partition coefficient (Wildman–Crippen LogP) is 1.07. The molecule has 0 saturated carbocycles. The van der Waals surface area contributed by atoms with E-state index in [9.17, 15) is 4.79 Å². The highest BCUT2D eigenvalue weighted by molar-refractivity contribution is 5.82. The Morgan fingerprint density at radius 2 is 1.90 bits per heavy atom. The van der Waals surface area contributed by atoms with E-state index in [1.807, 2.05) is 6.92 Å². The molecule has 0 amide bonds. The van der Waals surface area contributed by atoms with Crippen LogP contribution in [0.3, 0.4) is 0 Å². The van der Waals surface area contributed by atoms with Crippen molar-refractivity contribution < 1.29 is 4.79 Å². The van der Waals surface area contributed by atoms with Crippen molar-refractivity contribution in [3.63, 3.8) is 0 Å². The Kier molecular flexibility index (Phi) is 4.28. The first kappa shape index (κ1) is 9.63. The molecule has 1 N–H and O–H groups in total. The van der Waals surface area contributed by atoms with Crippen LogP contribution in [0.15, 0.2) is 0 Å². The van der Waals surface area contributed by atoms with Crippen molar-refractivity contribution in [3.8, 4) is 0 Å². The molecule has 0 spiro atoms. The monoisotopic (exact) mass is 143 g/mol. The number of carbonyl (C=O) groups is 1. The predicted molar refractivity (Wildman–Crippen MR) is 42.9 cm³/mol. The Hall–Kier alpha value is -0.370. The van der Waals surface area contributed by atoms with Gasteiger partial charge in [0.1, 0.15) is 5.78 Å². The molecule has 1 unspecified atom stereocenters. The smallest absolute Gasteiger partial charge is 0.149 e. The molecule has 1 atom stereocenters. The highest BCUT2D eigenvalue weighted by Crippen LogP contribution is 2.09. The lowest BCUT2D eigenvalue weighted by atomic mass is 9.94. The van der Waals surface area contributed by atoms with Gasteiger partial charge in [0.15, 0.2) is 0 Å².